The Hall–Kier alpha value is -2.14. The Kier molecular flexibility index (Phi) is 4.90. The van der Waals surface area contributed by atoms with Crippen LogP contribution in [0.1, 0.15) is 12.1 Å². The van der Waals surface area contributed by atoms with Crippen molar-refractivity contribution >= 4 is 5.69 Å². The molecule has 0 amide bonds. The lowest BCUT2D eigenvalue weighted by Gasteiger charge is -2.11. The van der Waals surface area contributed by atoms with Crippen molar-refractivity contribution in [1.29, 1.82) is 0 Å². The predicted octanol–water partition coefficient (Wildman–Crippen LogP) is 2.22. The molecule has 2 rings (SSSR count). The quantitative estimate of drug-likeness (QED) is 0.789. The monoisotopic (exact) mass is 272 g/mol. The van der Waals surface area contributed by atoms with Crippen molar-refractivity contribution in [2.75, 3.05) is 25.5 Å². The lowest BCUT2D eigenvalue weighted by atomic mass is 10.2. The number of nitrogens with one attached hydrogen (secondary N) is 1. The van der Waals surface area contributed by atoms with Crippen LogP contribution in [0.25, 0.3) is 11.4 Å². The summed E-state index contributed by atoms with van der Waals surface area (Å²) in [5, 5.41) is 3.28. The number of benzene rings is 1. The predicted molar refractivity (Wildman–Crippen MR) is 80.9 cm³/mol. The summed E-state index contributed by atoms with van der Waals surface area (Å²) in [6.07, 6.45) is 2.73. The average molecular weight is 272 g/mol. The highest BCUT2D eigenvalue weighted by molar-refractivity contribution is 5.65. The average Bonchev–Trinajstić information content (AvgIpc) is 2.49. The third-order valence-corrected chi connectivity index (χ3v) is 3.02. The molecule has 2 aromatic rings. The zero-order chi connectivity index (χ0) is 14.4. The van der Waals surface area contributed by atoms with Crippen molar-refractivity contribution in [1.82, 2.24) is 9.97 Å². The molecular weight excluding hydrogens is 252 g/mol. The molecule has 0 unspecified atom stereocenters. The fourth-order valence-corrected chi connectivity index (χ4v) is 1.92. The van der Waals surface area contributed by atoms with Crippen molar-refractivity contribution in [2.24, 2.45) is 5.73 Å². The summed E-state index contributed by atoms with van der Waals surface area (Å²) in [6.45, 7) is 3.46. The first-order valence-electron chi connectivity index (χ1n) is 6.67. The van der Waals surface area contributed by atoms with Gasteiger partial charge in [0, 0.05) is 6.54 Å². The Morgan fingerprint density at radius 2 is 2.10 bits per heavy atom. The normalized spacial score (nSPS) is 10.3. The molecule has 0 aliphatic carbocycles. The number of rotatable bonds is 6. The van der Waals surface area contributed by atoms with Crippen LogP contribution < -0.4 is 15.8 Å². The molecule has 0 saturated carbocycles. The van der Waals surface area contributed by atoms with Gasteiger partial charge in [0.1, 0.15) is 5.75 Å². The van der Waals surface area contributed by atoms with Crippen LogP contribution in [0.5, 0.6) is 5.75 Å². The molecule has 106 valence electrons. The van der Waals surface area contributed by atoms with E-state index >= 15 is 0 Å². The number of nitrogens with two attached hydrogens (primary N) is 1. The molecule has 0 saturated heterocycles. The maximum atomic E-state index is 5.48. The van der Waals surface area contributed by atoms with Gasteiger partial charge >= 0.3 is 0 Å². The maximum absolute atomic E-state index is 5.48. The van der Waals surface area contributed by atoms with Crippen LogP contribution in [0.3, 0.4) is 0 Å². The molecule has 0 spiro atoms. The summed E-state index contributed by atoms with van der Waals surface area (Å²) in [4.78, 5) is 8.96. The van der Waals surface area contributed by atoms with Crippen molar-refractivity contribution in [3.8, 4) is 17.1 Å². The molecule has 1 aromatic heterocycles. The minimum absolute atomic E-state index is 0.671. The molecule has 0 fully saturated rings. The zero-order valence-corrected chi connectivity index (χ0v) is 11.9. The van der Waals surface area contributed by atoms with Gasteiger partial charge in [0.2, 0.25) is 0 Å². The molecule has 0 aliphatic rings. The number of para-hydroxylation sites is 1. The second kappa shape index (κ2) is 6.86. The van der Waals surface area contributed by atoms with E-state index in [9.17, 15) is 0 Å². The summed E-state index contributed by atoms with van der Waals surface area (Å²) < 4.78 is 5.34. The van der Waals surface area contributed by atoms with Crippen LogP contribution in [0.15, 0.2) is 30.5 Å². The van der Waals surface area contributed by atoms with Gasteiger partial charge in [-0.1, -0.05) is 12.1 Å². The summed E-state index contributed by atoms with van der Waals surface area (Å²) in [5.74, 6) is 1.44. The molecule has 20 heavy (non-hydrogen) atoms. The number of nitrogens with zero attached hydrogens (tertiary/aromatic N) is 2. The van der Waals surface area contributed by atoms with Crippen LogP contribution in [0.2, 0.25) is 0 Å². The Morgan fingerprint density at radius 1 is 1.30 bits per heavy atom. The van der Waals surface area contributed by atoms with E-state index in [0.717, 1.165) is 35.7 Å². The molecular formula is C15H20N4O. The zero-order valence-electron chi connectivity index (χ0n) is 11.9. The molecule has 3 N–H and O–H groups in total. The van der Waals surface area contributed by atoms with Gasteiger partial charge < -0.3 is 15.8 Å². The van der Waals surface area contributed by atoms with E-state index in [1.54, 1.807) is 13.3 Å². The second-order valence-corrected chi connectivity index (χ2v) is 4.46. The van der Waals surface area contributed by atoms with Gasteiger partial charge in [0.25, 0.3) is 0 Å². The molecule has 0 radical (unpaired) electrons. The first kappa shape index (κ1) is 14.3. The van der Waals surface area contributed by atoms with E-state index in [-0.39, 0.29) is 0 Å². The lowest BCUT2D eigenvalue weighted by Crippen LogP contribution is -2.10. The second-order valence-electron chi connectivity index (χ2n) is 4.46. The summed E-state index contributed by atoms with van der Waals surface area (Å²) in [5.41, 5.74) is 8.23. The van der Waals surface area contributed by atoms with Gasteiger partial charge in [0.05, 0.1) is 30.3 Å². The minimum atomic E-state index is 0.671. The fourth-order valence-electron chi connectivity index (χ4n) is 1.92. The lowest BCUT2D eigenvalue weighted by molar-refractivity contribution is 0.416. The minimum Gasteiger partial charge on any atom is -0.496 e. The Labute approximate surface area is 119 Å². The molecule has 1 aromatic carbocycles. The molecule has 0 bridgehead atoms. The van der Waals surface area contributed by atoms with Gasteiger partial charge in [-0.15, -0.1) is 0 Å². The maximum Gasteiger partial charge on any atom is 0.163 e. The summed E-state index contributed by atoms with van der Waals surface area (Å²) >= 11 is 0. The Morgan fingerprint density at radius 3 is 2.80 bits per heavy atom. The van der Waals surface area contributed by atoms with Crippen molar-refractivity contribution in [3.05, 3.63) is 36.2 Å². The van der Waals surface area contributed by atoms with Gasteiger partial charge in [-0.05, 0) is 32.0 Å². The third-order valence-electron chi connectivity index (χ3n) is 3.02. The molecule has 5 heteroatoms. The van der Waals surface area contributed by atoms with Crippen LogP contribution in [-0.2, 0) is 0 Å². The Bertz CT molecular complexity index is 572. The molecule has 1 heterocycles. The highest BCUT2D eigenvalue weighted by atomic mass is 16.5. The topological polar surface area (TPSA) is 73.1 Å². The highest BCUT2D eigenvalue weighted by Gasteiger charge is 2.09. The first-order valence-corrected chi connectivity index (χ1v) is 6.67. The van der Waals surface area contributed by atoms with Crippen LogP contribution in [-0.4, -0.2) is 30.2 Å². The van der Waals surface area contributed by atoms with Gasteiger partial charge in [-0.2, -0.15) is 0 Å². The number of aryl methyl sites for hydroxylation is 1. The van der Waals surface area contributed by atoms with Crippen LogP contribution >= 0.6 is 0 Å². The van der Waals surface area contributed by atoms with Crippen LogP contribution in [0, 0.1) is 6.92 Å². The Balaban J connectivity index is 2.24. The van der Waals surface area contributed by atoms with Crippen LogP contribution in [0.4, 0.5) is 5.69 Å². The summed E-state index contributed by atoms with van der Waals surface area (Å²) in [7, 11) is 1.65. The van der Waals surface area contributed by atoms with Crippen molar-refractivity contribution in [3.63, 3.8) is 0 Å². The van der Waals surface area contributed by atoms with Gasteiger partial charge in [-0.3, -0.25) is 0 Å². The fraction of sp³-hybridized carbons (Fsp3) is 0.333. The number of aromatic nitrogens is 2. The number of hydrogen-bond donors (Lipinski definition) is 2. The van der Waals surface area contributed by atoms with Crippen molar-refractivity contribution in [2.45, 2.75) is 13.3 Å². The smallest absolute Gasteiger partial charge is 0.163 e. The number of hydrogen-bond acceptors (Lipinski definition) is 5. The summed E-state index contributed by atoms with van der Waals surface area (Å²) in [6, 6.07) is 7.73. The van der Waals surface area contributed by atoms with Crippen molar-refractivity contribution < 1.29 is 4.74 Å². The van der Waals surface area contributed by atoms with Gasteiger partial charge in [0.15, 0.2) is 5.82 Å². The van der Waals surface area contributed by atoms with E-state index in [4.69, 9.17) is 10.5 Å². The standard InChI is InChI=1S/C15H20N4O/c1-11-13(17-9-5-8-16)10-18-15(19-11)12-6-3-4-7-14(12)20-2/h3-4,6-7,10,17H,5,8-9,16H2,1-2H3. The number of ether oxygens (including phenoxy) is 1. The highest BCUT2D eigenvalue weighted by Crippen LogP contribution is 2.27. The van der Waals surface area contributed by atoms with E-state index in [0.29, 0.717) is 12.4 Å². The van der Waals surface area contributed by atoms with E-state index in [2.05, 4.69) is 15.3 Å². The van der Waals surface area contributed by atoms with E-state index in [1.165, 1.54) is 0 Å². The number of methoxy groups -OCH3 is 1. The number of anilines is 1. The van der Waals surface area contributed by atoms with Gasteiger partial charge in [-0.25, -0.2) is 9.97 Å². The van der Waals surface area contributed by atoms with E-state index < -0.39 is 0 Å². The first-order chi connectivity index (χ1) is 9.76. The van der Waals surface area contributed by atoms with E-state index in [1.807, 2.05) is 31.2 Å². The molecule has 5 nitrogen and oxygen atoms in total. The third kappa shape index (κ3) is 3.24. The SMILES string of the molecule is COc1ccccc1-c1ncc(NCCCN)c(C)n1. The molecule has 0 atom stereocenters. The molecule has 0 aliphatic heterocycles. The largest absolute Gasteiger partial charge is 0.496 e.